The number of hydrogen-bond acceptors (Lipinski definition) is 3. The van der Waals surface area contributed by atoms with Crippen molar-refractivity contribution in [2.24, 2.45) is 0 Å². The van der Waals surface area contributed by atoms with Crippen molar-refractivity contribution in [3.8, 4) is 0 Å². The first kappa shape index (κ1) is 18.6. The van der Waals surface area contributed by atoms with Gasteiger partial charge in [-0.05, 0) is 43.9 Å². The van der Waals surface area contributed by atoms with Crippen molar-refractivity contribution in [3.63, 3.8) is 0 Å². The van der Waals surface area contributed by atoms with Gasteiger partial charge >= 0.3 is 0 Å². The van der Waals surface area contributed by atoms with Gasteiger partial charge in [0.25, 0.3) is 5.91 Å². The SMILES string of the molecule is CCCCNC(=O)C(CCSC)NC(=O)c1cccc(C)c1. The summed E-state index contributed by atoms with van der Waals surface area (Å²) in [6, 6.07) is 6.91. The molecule has 0 aliphatic heterocycles. The first-order valence-electron chi connectivity index (χ1n) is 7.72. The molecule has 1 unspecified atom stereocenters. The molecule has 4 nitrogen and oxygen atoms in total. The van der Waals surface area contributed by atoms with E-state index in [1.165, 1.54) is 0 Å². The Kier molecular flexibility index (Phi) is 8.67. The third kappa shape index (κ3) is 6.52. The summed E-state index contributed by atoms with van der Waals surface area (Å²) in [6.07, 6.45) is 4.61. The van der Waals surface area contributed by atoms with E-state index in [-0.39, 0.29) is 11.8 Å². The van der Waals surface area contributed by atoms with Gasteiger partial charge in [0, 0.05) is 12.1 Å². The van der Waals surface area contributed by atoms with Crippen LogP contribution in [0.5, 0.6) is 0 Å². The second kappa shape index (κ2) is 10.3. The van der Waals surface area contributed by atoms with E-state index in [9.17, 15) is 9.59 Å². The molecule has 5 heteroatoms. The van der Waals surface area contributed by atoms with Gasteiger partial charge in [0.05, 0.1) is 0 Å². The fourth-order valence-electron chi connectivity index (χ4n) is 2.04. The maximum absolute atomic E-state index is 12.3. The van der Waals surface area contributed by atoms with Gasteiger partial charge in [-0.3, -0.25) is 9.59 Å². The average molecular weight is 322 g/mol. The molecule has 0 aromatic heterocycles. The lowest BCUT2D eigenvalue weighted by Crippen LogP contribution is -2.47. The highest BCUT2D eigenvalue weighted by Crippen LogP contribution is 2.06. The van der Waals surface area contributed by atoms with E-state index >= 15 is 0 Å². The number of hydrogen-bond donors (Lipinski definition) is 2. The largest absolute Gasteiger partial charge is 0.354 e. The number of rotatable bonds is 9. The Bertz CT molecular complexity index is 491. The number of amides is 2. The van der Waals surface area contributed by atoms with Crippen LogP contribution in [0.2, 0.25) is 0 Å². The molecule has 1 atom stereocenters. The number of carbonyl (C=O) groups is 2. The number of thioether (sulfide) groups is 1. The highest BCUT2D eigenvalue weighted by atomic mass is 32.2. The molecule has 1 aromatic rings. The zero-order chi connectivity index (χ0) is 16.4. The monoisotopic (exact) mass is 322 g/mol. The Balaban J connectivity index is 2.66. The van der Waals surface area contributed by atoms with Crippen molar-refractivity contribution in [1.82, 2.24) is 10.6 Å². The minimum atomic E-state index is -0.475. The van der Waals surface area contributed by atoms with Gasteiger partial charge in [0.2, 0.25) is 5.91 Å². The Labute approximate surface area is 137 Å². The van der Waals surface area contributed by atoms with Crippen LogP contribution in [0.1, 0.15) is 42.1 Å². The zero-order valence-electron chi connectivity index (χ0n) is 13.6. The summed E-state index contributed by atoms with van der Waals surface area (Å²) in [5.74, 6) is 0.545. The maximum Gasteiger partial charge on any atom is 0.251 e. The highest BCUT2D eigenvalue weighted by molar-refractivity contribution is 7.98. The third-order valence-corrected chi connectivity index (χ3v) is 3.99. The minimum absolute atomic E-state index is 0.0940. The van der Waals surface area contributed by atoms with Gasteiger partial charge < -0.3 is 10.6 Å². The molecule has 1 aromatic carbocycles. The van der Waals surface area contributed by atoms with Crippen LogP contribution in [0.3, 0.4) is 0 Å². The van der Waals surface area contributed by atoms with Crippen LogP contribution < -0.4 is 10.6 Å². The number of unbranched alkanes of at least 4 members (excludes halogenated alkanes) is 1. The fourth-order valence-corrected chi connectivity index (χ4v) is 2.52. The van der Waals surface area contributed by atoms with E-state index in [4.69, 9.17) is 0 Å². The standard InChI is InChI=1S/C17H26N2O2S/c1-4-5-10-18-17(21)15(9-11-22-3)19-16(20)14-8-6-7-13(2)12-14/h6-8,12,15H,4-5,9-11H2,1-3H3,(H,18,21)(H,19,20). The lowest BCUT2D eigenvalue weighted by Gasteiger charge is -2.18. The second-order valence-electron chi connectivity index (χ2n) is 5.32. The van der Waals surface area contributed by atoms with Crippen LogP contribution in [0.15, 0.2) is 24.3 Å². The van der Waals surface area contributed by atoms with Crippen LogP contribution >= 0.6 is 11.8 Å². The molecule has 0 saturated carbocycles. The quantitative estimate of drug-likeness (QED) is 0.687. The maximum atomic E-state index is 12.3. The minimum Gasteiger partial charge on any atom is -0.354 e. The number of nitrogens with one attached hydrogen (secondary N) is 2. The van der Waals surface area contributed by atoms with E-state index < -0.39 is 6.04 Å². The lowest BCUT2D eigenvalue weighted by atomic mass is 10.1. The summed E-state index contributed by atoms with van der Waals surface area (Å²) in [6.45, 7) is 4.68. The van der Waals surface area contributed by atoms with E-state index in [1.54, 1.807) is 17.8 Å². The molecule has 0 bridgehead atoms. The summed E-state index contributed by atoms with van der Waals surface area (Å²) < 4.78 is 0. The molecular formula is C17H26N2O2S. The topological polar surface area (TPSA) is 58.2 Å². The zero-order valence-corrected chi connectivity index (χ0v) is 14.5. The van der Waals surface area contributed by atoms with Gasteiger partial charge in [-0.1, -0.05) is 31.0 Å². The molecular weight excluding hydrogens is 296 g/mol. The summed E-state index contributed by atoms with van der Waals surface area (Å²) in [5.41, 5.74) is 1.62. The van der Waals surface area contributed by atoms with Gasteiger partial charge in [0.1, 0.15) is 6.04 Å². The first-order valence-corrected chi connectivity index (χ1v) is 9.12. The van der Waals surface area contributed by atoms with Crippen LogP contribution in [0.25, 0.3) is 0 Å². The van der Waals surface area contributed by atoms with Crippen LogP contribution in [0.4, 0.5) is 0 Å². The fraction of sp³-hybridized carbons (Fsp3) is 0.529. The van der Waals surface area contributed by atoms with Crippen LogP contribution in [-0.2, 0) is 4.79 Å². The Morgan fingerprint density at radius 2 is 2.09 bits per heavy atom. The van der Waals surface area contributed by atoms with Gasteiger partial charge in [0.15, 0.2) is 0 Å². The van der Waals surface area contributed by atoms with E-state index in [0.717, 1.165) is 24.2 Å². The molecule has 0 radical (unpaired) electrons. The molecule has 22 heavy (non-hydrogen) atoms. The molecule has 2 amide bonds. The number of carbonyl (C=O) groups excluding carboxylic acids is 2. The van der Waals surface area contributed by atoms with E-state index in [2.05, 4.69) is 17.6 Å². The summed E-state index contributed by atoms with van der Waals surface area (Å²) >= 11 is 1.67. The summed E-state index contributed by atoms with van der Waals surface area (Å²) in [7, 11) is 0. The Morgan fingerprint density at radius 1 is 1.32 bits per heavy atom. The van der Waals surface area contributed by atoms with Gasteiger partial charge in [-0.15, -0.1) is 0 Å². The molecule has 122 valence electrons. The third-order valence-electron chi connectivity index (χ3n) is 3.34. The Hall–Kier alpha value is -1.49. The van der Waals surface area contributed by atoms with Gasteiger partial charge in [-0.2, -0.15) is 11.8 Å². The molecule has 2 N–H and O–H groups in total. The predicted octanol–water partition coefficient (Wildman–Crippen LogP) is 2.76. The predicted molar refractivity (Wildman–Crippen MR) is 93.3 cm³/mol. The molecule has 1 rings (SSSR count). The van der Waals surface area contributed by atoms with Crippen molar-refractivity contribution < 1.29 is 9.59 Å². The number of benzene rings is 1. The van der Waals surface area contributed by atoms with E-state index in [1.807, 2.05) is 31.4 Å². The van der Waals surface area contributed by atoms with Crippen molar-refractivity contribution in [2.75, 3.05) is 18.6 Å². The van der Waals surface area contributed by atoms with Gasteiger partial charge in [-0.25, -0.2) is 0 Å². The second-order valence-corrected chi connectivity index (χ2v) is 6.31. The molecule has 0 saturated heterocycles. The summed E-state index contributed by atoms with van der Waals surface area (Å²) in [4.78, 5) is 24.5. The van der Waals surface area contributed by atoms with Crippen molar-refractivity contribution >= 4 is 23.6 Å². The molecule has 0 aliphatic rings. The first-order chi connectivity index (χ1) is 10.6. The van der Waals surface area contributed by atoms with Crippen LogP contribution in [0, 0.1) is 6.92 Å². The molecule has 0 spiro atoms. The molecule has 0 fully saturated rings. The highest BCUT2D eigenvalue weighted by Gasteiger charge is 2.20. The van der Waals surface area contributed by atoms with Crippen molar-refractivity contribution in [3.05, 3.63) is 35.4 Å². The van der Waals surface area contributed by atoms with E-state index in [0.29, 0.717) is 18.5 Å². The smallest absolute Gasteiger partial charge is 0.251 e. The average Bonchev–Trinajstić information content (AvgIpc) is 2.51. The lowest BCUT2D eigenvalue weighted by molar-refractivity contribution is -0.123. The number of aryl methyl sites for hydroxylation is 1. The van der Waals surface area contributed by atoms with Crippen molar-refractivity contribution in [1.29, 1.82) is 0 Å². The van der Waals surface area contributed by atoms with Crippen LogP contribution in [-0.4, -0.2) is 36.4 Å². The Morgan fingerprint density at radius 3 is 2.73 bits per heavy atom. The molecule has 0 aliphatic carbocycles. The normalized spacial score (nSPS) is 11.8. The summed E-state index contributed by atoms with van der Waals surface area (Å²) in [5, 5.41) is 5.76. The molecule has 0 heterocycles. The van der Waals surface area contributed by atoms with Crippen molar-refractivity contribution in [2.45, 2.75) is 39.2 Å².